The van der Waals surface area contributed by atoms with Gasteiger partial charge in [-0.15, -0.1) is 0 Å². The molecule has 0 bridgehead atoms. The highest BCUT2D eigenvalue weighted by atomic mass is 32.3. The Morgan fingerprint density at radius 3 is 2.72 bits per heavy atom. The van der Waals surface area contributed by atoms with Gasteiger partial charge in [-0.3, -0.25) is 19.1 Å². The number of methoxy groups -OCH3 is 1. The molecule has 2 heterocycles. The number of hydrogen-bond acceptors (Lipinski definition) is 5. The Hall–Kier alpha value is -1.78. The van der Waals surface area contributed by atoms with Crippen LogP contribution in [0.25, 0.3) is 11.3 Å². The maximum absolute atomic E-state index is 8.74. The molecular formula is C16H21N3O5S. The number of ether oxygens (including phenoxy) is 1. The topological polar surface area (TPSA) is 116 Å². The van der Waals surface area contributed by atoms with E-state index in [-0.39, 0.29) is 5.72 Å². The SMILES string of the molecule is CCN1CCc2cccc3c2C1(OC)Cc1cn[nH]c1-3.O=S(=O)(O)O. The van der Waals surface area contributed by atoms with Gasteiger partial charge in [0.1, 0.15) is 0 Å². The molecule has 1 atom stereocenters. The van der Waals surface area contributed by atoms with Crippen molar-refractivity contribution in [1.82, 2.24) is 15.1 Å². The standard InChI is InChI=1S/C16H19N3O.H2O4S/c1-3-19-8-7-11-5-4-6-13-14(11)16(19,20-2)9-12-10-17-18-15(12)13;1-5(2,3)4/h4-6,10H,3,7-9H2,1-2H3,(H,17,18);(H2,1,2,3,4). The van der Waals surface area contributed by atoms with Gasteiger partial charge in [-0.2, -0.15) is 13.5 Å². The lowest BCUT2D eigenvalue weighted by Gasteiger charge is -2.49. The molecule has 0 spiro atoms. The number of likely N-dealkylation sites (N-methyl/N-ethyl adjacent to an activating group) is 1. The molecule has 8 nitrogen and oxygen atoms in total. The molecule has 1 aromatic heterocycles. The molecule has 1 aliphatic heterocycles. The number of H-pyrrole nitrogens is 1. The van der Waals surface area contributed by atoms with Gasteiger partial charge in [-0.25, -0.2) is 0 Å². The van der Waals surface area contributed by atoms with Gasteiger partial charge in [-0.05, 0) is 18.5 Å². The number of aromatic nitrogens is 2. The molecule has 2 aromatic rings. The Balaban J connectivity index is 0.000000324. The van der Waals surface area contributed by atoms with Crippen molar-refractivity contribution in [2.75, 3.05) is 20.2 Å². The summed E-state index contributed by atoms with van der Waals surface area (Å²) in [6.45, 7) is 4.25. The lowest BCUT2D eigenvalue weighted by atomic mass is 9.77. The van der Waals surface area contributed by atoms with E-state index in [4.69, 9.17) is 22.3 Å². The van der Waals surface area contributed by atoms with Crippen LogP contribution in [0.4, 0.5) is 0 Å². The maximum Gasteiger partial charge on any atom is 0.394 e. The van der Waals surface area contributed by atoms with E-state index in [1.165, 1.54) is 22.3 Å². The number of aromatic amines is 1. The third-order valence-electron chi connectivity index (χ3n) is 4.84. The predicted octanol–water partition coefficient (Wildman–Crippen LogP) is 1.66. The molecule has 0 saturated carbocycles. The fraction of sp³-hybridized carbons (Fsp3) is 0.438. The van der Waals surface area contributed by atoms with E-state index >= 15 is 0 Å². The van der Waals surface area contributed by atoms with Gasteiger partial charge in [0.05, 0.1) is 11.9 Å². The minimum atomic E-state index is -4.67. The van der Waals surface area contributed by atoms with E-state index in [1.807, 2.05) is 13.3 Å². The van der Waals surface area contributed by atoms with Crippen LogP contribution >= 0.6 is 0 Å². The second-order valence-electron chi connectivity index (χ2n) is 6.05. The Labute approximate surface area is 146 Å². The van der Waals surface area contributed by atoms with Crippen molar-refractivity contribution in [3.8, 4) is 11.3 Å². The molecule has 1 aromatic carbocycles. The summed E-state index contributed by atoms with van der Waals surface area (Å²) in [6.07, 6.45) is 3.90. The maximum atomic E-state index is 8.74. The molecule has 0 fully saturated rings. The van der Waals surface area contributed by atoms with Crippen LogP contribution in [0.15, 0.2) is 24.4 Å². The van der Waals surface area contributed by atoms with Crippen molar-refractivity contribution in [2.45, 2.75) is 25.5 Å². The van der Waals surface area contributed by atoms with E-state index in [9.17, 15) is 0 Å². The van der Waals surface area contributed by atoms with Crippen LogP contribution in [0.2, 0.25) is 0 Å². The number of nitrogens with zero attached hydrogens (tertiary/aromatic N) is 2. The van der Waals surface area contributed by atoms with Crippen LogP contribution in [-0.4, -0.2) is 52.8 Å². The molecule has 0 amide bonds. The molecule has 1 unspecified atom stereocenters. The zero-order valence-electron chi connectivity index (χ0n) is 14.1. The summed E-state index contributed by atoms with van der Waals surface area (Å²) >= 11 is 0. The van der Waals surface area contributed by atoms with Crippen molar-refractivity contribution in [1.29, 1.82) is 0 Å². The average molecular weight is 367 g/mol. The molecular weight excluding hydrogens is 346 g/mol. The van der Waals surface area contributed by atoms with Gasteiger partial charge in [0.2, 0.25) is 0 Å². The Morgan fingerprint density at radius 2 is 2.08 bits per heavy atom. The lowest BCUT2D eigenvalue weighted by molar-refractivity contribution is -0.149. The lowest BCUT2D eigenvalue weighted by Crippen LogP contribution is -2.54. The van der Waals surface area contributed by atoms with Crippen molar-refractivity contribution in [2.24, 2.45) is 0 Å². The van der Waals surface area contributed by atoms with Gasteiger partial charge >= 0.3 is 10.4 Å². The van der Waals surface area contributed by atoms with E-state index in [2.05, 4.69) is 40.2 Å². The normalized spacial score (nSPS) is 21.8. The van der Waals surface area contributed by atoms with Crippen molar-refractivity contribution in [3.63, 3.8) is 0 Å². The van der Waals surface area contributed by atoms with Crippen molar-refractivity contribution >= 4 is 10.4 Å². The Morgan fingerprint density at radius 1 is 1.36 bits per heavy atom. The Kier molecular flexibility index (Phi) is 4.69. The fourth-order valence-corrected chi connectivity index (χ4v) is 3.93. The number of hydrogen-bond donors (Lipinski definition) is 3. The van der Waals surface area contributed by atoms with E-state index in [0.717, 1.165) is 31.6 Å². The molecule has 25 heavy (non-hydrogen) atoms. The summed E-state index contributed by atoms with van der Waals surface area (Å²) in [7, 11) is -2.83. The molecule has 2 aliphatic rings. The quantitative estimate of drug-likeness (QED) is 0.691. The predicted molar refractivity (Wildman–Crippen MR) is 91.5 cm³/mol. The largest absolute Gasteiger partial charge is 0.394 e. The highest BCUT2D eigenvalue weighted by molar-refractivity contribution is 7.79. The molecule has 0 saturated heterocycles. The van der Waals surface area contributed by atoms with E-state index in [1.54, 1.807) is 0 Å². The first-order valence-electron chi connectivity index (χ1n) is 7.95. The fourth-order valence-electron chi connectivity index (χ4n) is 3.93. The molecule has 1 aliphatic carbocycles. The minimum absolute atomic E-state index is 0.324. The summed E-state index contributed by atoms with van der Waals surface area (Å²) in [5.74, 6) is 0. The summed E-state index contributed by atoms with van der Waals surface area (Å²) in [5, 5.41) is 7.40. The van der Waals surface area contributed by atoms with Crippen LogP contribution in [0.3, 0.4) is 0 Å². The summed E-state index contributed by atoms with van der Waals surface area (Å²) in [4.78, 5) is 2.45. The molecule has 0 radical (unpaired) electrons. The molecule has 9 heteroatoms. The molecule has 136 valence electrons. The highest BCUT2D eigenvalue weighted by Gasteiger charge is 2.47. The third-order valence-corrected chi connectivity index (χ3v) is 4.84. The van der Waals surface area contributed by atoms with Gasteiger partial charge in [0, 0.05) is 36.8 Å². The van der Waals surface area contributed by atoms with Crippen LogP contribution in [0, 0.1) is 0 Å². The van der Waals surface area contributed by atoms with Gasteiger partial charge in [-0.1, -0.05) is 25.1 Å². The Bertz CT molecular complexity index is 872. The van der Waals surface area contributed by atoms with Crippen LogP contribution in [0.1, 0.15) is 23.6 Å². The zero-order valence-corrected chi connectivity index (χ0v) is 14.9. The minimum Gasteiger partial charge on any atom is -0.359 e. The van der Waals surface area contributed by atoms with E-state index < -0.39 is 10.4 Å². The van der Waals surface area contributed by atoms with Crippen LogP contribution in [0.5, 0.6) is 0 Å². The monoisotopic (exact) mass is 367 g/mol. The number of nitrogens with one attached hydrogen (secondary N) is 1. The summed E-state index contributed by atoms with van der Waals surface area (Å²) < 4.78 is 37.7. The van der Waals surface area contributed by atoms with Crippen LogP contribution in [-0.2, 0) is 33.7 Å². The van der Waals surface area contributed by atoms with Gasteiger partial charge in [0.25, 0.3) is 0 Å². The second-order valence-corrected chi connectivity index (χ2v) is 6.95. The average Bonchev–Trinajstić information content (AvgIpc) is 3.02. The van der Waals surface area contributed by atoms with E-state index in [0.29, 0.717) is 0 Å². The van der Waals surface area contributed by atoms with Crippen molar-refractivity contribution in [3.05, 3.63) is 41.1 Å². The second kappa shape index (κ2) is 6.50. The first kappa shape index (κ1) is 18.0. The smallest absolute Gasteiger partial charge is 0.359 e. The molecule has 4 rings (SSSR count). The van der Waals surface area contributed by atoms with Gasteiger partial charge < -0.3 is 4.74 Å². The zero-order chi connectivity index (χ0) is 18.2. The number of benzene rings is 1. The third kappa shape index (κ3) is 3.21. The summed E-state index contributed by atoms with van der Waals surface area (Å²) in [5.41, 5.74) is 6.09. The van der Waals surface area contributed by atoms with Crippen LogP contribution < -0.4 is 0 Å². The molecule has 3 N–H and O–H groups in total. The van der Waals surface area contributed by atoms with Gasteiger partial charge in [0.15, 0.2) is 5.72 Å². The number of fused-ring (bicyclic) bond motifs is 2. The van der Waals surface area contributed by atoms with Crippen molar-refractivity contribution < 1.29 is 22.3 Å². The first-order valence-corrected chi connectivity index (χ1v) is 9.35. The highest BCUT2D eigenvalue weighted by Crippen LogP contribution is 2.48. The first-order chi connectivity index (χ1) is 11.8. The summed E-state index contributed by atoms with van der Waals surface area (Å²) in [6, 6.07) is 6.56. The number of rotatable bonds is 2.